The molecule has 1 aromatic rings. The van der Waals surface area contributed by atoms with Crippen molar-refractivity contribution in [2.24, 2.45) is 0 Å². The molecule has 1 aromatic carbocycles. The first-order valence-electron chi connectivity index (χ1n) is 4.30. The van der Waals surface area contributed by atoms with Crippen LogP contribution in [0.1, 0.15) is 11.1 Å². The Hall–Kier alpha value is -1.39. The molecule has 76 valence electrons. The summed E-state index contributed by atoms with van der Waals surface area (Å²) >= 11 is 0. The van der Waals surface area contributed by atoms with Gasteiger partial charge in [0.25, 0.3) is 0 Å². The summed E-state index contributed by atoms with van der Waals surface area (Å²) in [6.07, 6.45) is 0.589. The van der Waals surface area contributed by atoms with E-state index in [2.05, 4.69) is 5.32 Å². The van der Waals surface area contributed by atoms with Gasteiger partial charge in [-0.05, 0) is 17.5 Å². The lowest BCUT2D eigenvalue weighted by molar-refractivity contribution is -0.139. The average Bonchev–Trinajstić information content (AvgIpc) is 2.17. The summed E-state index contributed by atoms with van der Waals surface area (Å²) in [5, 5.41) is 11.8. The molecule has 0 spiro atoms. The minimum Gasteiger partial charge on any atom is -0.480 e. The van der Waals surface area contributed by atoms with E-state index in [1.807, 2.05) is 24.3 Å². The molecule has 0 aliphatic carbocycles. The molecular weight excluding hydrogens is 180 g/mol. The van der Waals surface area contributed by atoms with Gasteiger partial charge in [-0.1, -0.05) is 24.3 Å². The molecule has 1 unspecified atom stereocenters. The first-order valence-corrected chi connectivity index (χ1v) is 4.30. The Balaban J connectivity index is 0.000000980. The molecule has 4 heteroatoms. The number of nitrogens with one attached hydrogen (secondary N) is 1. The minimum absolute atomic E-state index is 0. The van der Waals surface area contributed by atoms with Crippen molar-refractivity contribution in [3.05, 3.63) is 35.4 Å². The molecule has 0 amide bonds. The molecule has 1 atom stereocenters. The lowest BCUT2D eigenvalue weighted by atomic mass is 9.96. The predicted octanol–water partition coefficient (Wildman–Crippen LogP) is 0.947. The highest BCUT2D eigenvalue weighted by Gasteiger charge is 2.22. The third-order valence-electron chi connectivity index (χ3n) is 2.38. The Kier molecular flexibility index (Phi) is 3.22. The third-order valence-corrected chi connectivity index (χ3v) is 2.38. The molecule has 2 rings (SSSR count). The average molecular weight is 194 g/mol. The van der Waals surface area contributed by atoms with Crippen molar-refractivity contribution in [1.82, 2.24) is 11.5 Å². The maximum absolute atomic E-state index is 10.7. The van der Waals surface area contributed by atoms with Gasteiger partial charge in [-0.3, -0.25) is 4.79 Å². The van der Waals surface area contributed by atoms with E-state index in [0.29, 0.717) is 13.0 Å². The summed E-state index contributed by atoms with van der Waals surface area (Å²) in [6, 6.07) is 7.52. The maximum Gasteiger partial charge on any atom is 0.321 e. The lowest BCUT2D eigenvalue weighted by Crippen LogP contribution is -2.41. The molecule has 1 heterocycles. The number of rotatable bonds is 1. The number of hydrogen-bond acceptors (Lipinski definition) is 3. The fourth-order valence-electron chi connectivity index (χ4n) is 1.63. The molecule has 0 aromatic heterocycles. The summed E-state index contributed by atoms with van der Waals surface area (Å²) in [4.78, 5) is 10.7. The Morgan fingerprint density at radius 2 is 2.00 bits per heavy atom. The molecule has 1 aliphatic rings. The van der Waals surface area contributed by atoms with Crippen LogP contribution in [0.15, 0.2) is 24.3 Å². The van der Waals surface area contributed by atoms with Crippen molar-refractivity contribution < 1.29 is 9.90 Å². The fourth-order valence-corrected chi connectivity index (χ4v) is 1.63. The Bertz CT molecular complexity index is 339. The smallest absolute Gasteiger partial charge is 0.321 e. The van der Waals surface area contributed by atoms with Gasteiger partial charge < -0.3 is 16.6 Å². The van der Waals surface area contributed by atoms with Gasteiger partial charge in [0, 0.05) is 6.54 Å². The van der Waals surface area contributed by atoms with E-state index < -0.39 is 12.0 Å². The Labute approximate surface area is 82.5 Å². The van der Waals surface area contributed by atoms with E-state index in [0.717, 1.165) is 5.56 Å². The van der Waals surface area contributed by atoms with Gasteiger partial charge in [0.2, 0.25) is 0 Å². The zero-order chi connectivity index (χ0) is 9.26. The Morgan fingerprint density at radius 3 is 2.64 bits per heavy atom. The maximum atomic E-state index is 10.7. The van der Waals surface area contributed by atoms with Crippen molar-refractivity contribution in [3.63, 3.8) is 0 Å². The van der Waals surface area contributed by atoms with Gasteiger partial charge in [0.15, 0.2) is 0 Å². The van der Waals surface area contributed by atoms with Gasteiger partial charge in [0.05, 0.1) is 0 Å². The van der Waals surface area contributed by atoms with Gasteiger partial charge in [-0.2, -0.15) is 0 Å². The molecule has 4 nitrogen and oxygen atoms in total. The second-order valence-corrected chi connectivity index (χ2v) is 3.24. The van der Waals surface area contributed by atoms with Crippen molar-refractivity contribution in [2.75, 3.05) is 0 Å². The van der Waals surface area contributed by atoms with E-state index in [9.17, 15) is 4.79 Å². The Morgan fingerprint density at radius 1 is 1.36 bits per heavy atom. The van der Waals surface area contributed by atoms with Crippen molar-refractivity contribution in [2.45, 2.75) is 19.0 Å². The van der Waals surface area contributed by atoms with Crippen molar-refractivity contribution >= 4 is 5.97 Å². The summed E-state index contributed by atoms with van der Waals surface area (Å²) < 4.78 is 0. The minimum atomic E-state index is -0.769. The fraction of sp³-hybridized carbons (Fsp3) is 0.300. The molecule has 0 bridgehead atoms. The largest absolute Gasteiger partial charge is 0.480 e. The van der Waals surface area contributed by atoms with E-state index in [4.69, 9.17) is 5.11 Å². The zero-order valence-electron chi connectivity index (χ0n) is 7.86. The summed E-state index contributed by atoms with van der Waals surface area (Å²) in [7, 11) is 0. The molecule has 14 heavy (non-hydrogen) atoms. The second-order valence-electron chi connectivity index (χ2n) is 3.24. The molecule has 0 radical (unpaired) electrons. The monoisotopic (exact) mass is 194 g/mol. The number of hydrogen-bond donors (Lipinski definition) is 3. The van der Waals surface area contributed by atoms with Crippen LogP contribution in [0.2, 0.25) is 0 Å². The lowest BCUT2D eigenvalue weighted by Gasteiger charge is -2.22. The van der Waals surface area contributed by atoms with Gasteiger partial charge >= 0.3 is 5.97 Å². The number of benzene rings is 1. The van der Waals surface area contributed by atoms with Gasteiger partial charge in [0.1, 0.15) is 6.04 Å². The normalized spacial score (nSPS) is 19.3. The molecule has 0 saturated heterocycles. The van der Waals surface area contributed by atoms with Gasteiger partial charge in [-0.25, -0.2) is 0 Å². The number of aliphatic carboxylic acids is 1. The second kappa shape index (κ2) is 4.21. The van der Waals surface area contributed by atoms with Crippen LogP contribution in [0.25, 0.3) is 0 Å². The highest BCUT2D eigenvalue weighted by molar-refractivity contribution is 5.74. The number of fused-ring (bicyclic) bond motifs is 1. The summed E-state index contributed by atoms with van der Waals surface area (Å²) in [5.74, 6) is -0.769. The predicted molar refractivity (Wildman–Crippen MR) is 53.4 cm³/mol. The van der Waals surface area contributed by atoms with E-state index in [-0.39, 0.29) is 6.15 Å². The number of carboxylic acids is 1. The molecule has 0 fully saturated rings. The standard InChI is InChI=1S/C10H11NO2.H3N/c12-10(13)9-5-7-3-1-2-4-8(7)6-11-9;/h1-4,9,11H,5-6H2,(H,12,13);1H3. The van der Waals surface area contributed by atoms with Crippen LogP contribution in [0.3, 0.4) is 0 Å². The third kappa shape index (κ3) is 1.92. The van der Waals surface area contributed by atoms with Crippen LogP contribution in [-0.4, -0.2) is 17.1 Å². The quantitative estimate of drug-likeness (QED) is 0.621. The summed E-state index contributed by atoms with van der Waals surface area (Å²) in [6.45, 7) is 0.660. The van der Waals surface area contributed by atoms with Crippen molar-refractivity contribution in [1.29, 1.82) is 0 Å². The first-order chi connectivity index (χ1) is 6.27. The van der Waals surface area contributed by atoms with Crippen molar-refractivity contribution in [3.8, 4) is 0 Å². The summed E-state index contributed by atoms with van der Waals surface area (Å²) in [5.41, 5.74) is 2.36. The van der Waals surface area contributed by atoms with Crippen LogP contribution >= 0.6 is 0 Å². The highest BCUT2D eigenvalue weighted by atomic mass is 16.4. The van der Waals surface area contributed by atoms with Gasteiger partial charge in [-0.15, -0.1) is 0 Å². The molecule has 5 N–H and O–H groups in total. The first kappa shape index (κ1) is 10.7. The topological polar surface area (TPSA) is 84.3 Å². The SMILES string of the molecule is N.O=C(O)C1Cc2ccccc2CN1. The number of carbonyl (C=O) groups is 1. The zero-order valence-corrected chi connectivity index (χ0v) is 7.86. The van der Waals surface area contributed by atoms with E-state index in [1.165, 1.54) is 5.56 Å². The van der Waals surface area contributed by atoms with Crippen LogP contribution in [0, 0.1) is 0 Å². The van der Waals surface area contributed by atoms with Crippen LogP contribution in [-0.2, 0) is 17.8 Å². The van der Waals surface area contributed by atoms with Crippen LogP contribution in [0.5, 0.6) is 0 Å². The van der Waals surface area contributed by atoms with E-state index >= 15 is 0 Å². The van der Waals surface area contributed by atoms with E-state index in [1.54, 1.807) is 0 Å². The molecule has 1 aliphatic heterocycles. The number of carboxylic acid groups (broad SMARTS) is 1. The molecule has 0 saturated carbocycles. The van der Waals surface area contributed by atoms with Crippen LogP contribution in [0.4, 0.5) is 0 Å². The van der Waals surface area contributed by atoms with Crippen LogP contribution < -0.4 is 11.5 Å². The highest BCUT2D eigenvalue weighted by Crippen LogP contribution is 2.15. The molecular formula is C10H14N2O2.